The maximum Gasteiger partial charge on any atom is 0.259 e. The summed E-state index contributed by atoms with van der Waals surface area (Å²) in [6.07, 6.45) is 0. The van der Waals surface area contributed by atoms with E-state index >= 15 is 0 Å². The fraction of sp³-hybridized carbons (Fsp3) is 0.286. The van der Waals surface area contributed by atoms with Gasteiger partial charge in [-0.3, -0.25) is 14.6 Å². The van der Waals surface area contributed by atoms with Gasteiger partial charge in [0.25, 0.3) is 5.56 Å². The van der Waals surface area contributed by atoms with Crippen LogP contribution in [0.1, 0.15) is 39.8 Å². The highest BCUT2D eigenvalue weighted by Gasteiger charge is 2.13. The van der Waals surface area contributed by atoms with E-state index in [-0.39, 0.29) is 17.6 Å². The number of nitrogens with one attached hydrogen (secondary N) is 2. The standard InChI is InChI=1S/C21H24N4O/c1-13(2)24-18-12-8-7-11-17(18)20-19(22-23-25(20)14(3)4)15-9-5-6-10-16(15)21(24)26/h5-14,22-23H,1-4H3. The largest absolute Gasteiger partial charge is 0.305 e. The number of hydrogen-bond donors (Lipinski definition) is 2. The Morgan fingerprint density at radius 1 is 0.808 bits per heavy atom. The van der Waals surface area contributed by atoms with Crippen molar-refractivity contribution in [3.63, 3.8) is 0 Å². The second-order valence-corrected chi connectivity index (χ2v) is 7.26. The van der Waals surface area contributed by atoms with Gasteiger partial charge in [-0.15, -0.1) is 0 Å². The van der Waals surface area contributed by atoms with Gasteiger partial charge in [-0.2, -0.15) is 0 Å². The molecule has 2 aromatic rings. The third kappa shape index (κ3) is 2.35. The molecule has 5 heteroatoms. The van der Waals surface area contributed by atoms with Crippen LogP contribution in [0.2, 0.25) is 0 Å². The van der Waals surface area contributed by atoms with Crippen LogP contribution >= 0.6 is 0 Å². The Morgan fingerprint density at radius 2 is 1.42 bits per heavy atom. The van der Waals surface area contributed by atoms with Crippen molar-refractivity contribution in [3.05, 3.63) is 69.6 Å². The van der Waals surface area contributed by atoms with Gasteiger partial charge in [0.05, 0.1) is 16.2 Å². The second kappa shape index (κ2) is 6.09. The SMILES string of the molecule is CC(C)n1[nH][nH]c2c3ccccc3c(=O)n(C(C)C)c3ccccc3c1=2. The molecular weight excluding hydrogens is 324 g/mol. The Hall–Kier alpha value is -2.95. The van der Waals surface area contributed by atoms with Gasteiger partial charge in [0.2, 0.25) is 0 Å². The van der Waals surface area contributed by atoms with Crippen LogP contribution in [0.4, 0.5) is 0 Å². The van der Waals surface area contributed by atoms with E-state index in [0.717, 1.165) is 27.0 Å². The Labute approximate surface area is 151 Å². The average molecular weight is 348 g/mol. The number of rotatable bonds is 2. The molecule has 0 aliphatic carbocycles. The molecule has 0 saturated carbocycles. The summed E-state index contributed by atoms with van der Waals surface area (Å²) in [5.41, 5.74) is 0.963. The molecule has 134 valence electrons. The minimum Gasteiger partial charge on any atom is -0.305 e. The molecule has 0 radical (unpaired) electrons. The average Bonchev–Trinajstić information content (AvgIpc) is 3.05. The molecule has 0 saturated heterocycles. The Balaban J connectivity index is 2.52. The molecule has 0 amide bonds. The summed E-state index contributed by atoms with van der Waals surface area (Å²) in [7, 11) is 0. The van der Waals surface area contributed by atoms with Crippen molar-refractivity contribution in [2.24, 2.45) is 0 Å². The van der Waals surface area contributed by atoms with Gasteiger partial charge in [-0.25, -0.2) is 5.21 Å². The van der Waals surface area contributed by atoms with Gasteiger partial charge < -0.3 is 4.57 Å². The summed E-state index contributed by atoms with van der Waals surface area (Å²) in [4.78, 5) is 13.4. The molecule has 2 N–H and O–H groups in total. The monoisotopic (exact) mass is 348 g/mol. The Morgan fingerprint density at radius 3 is 2.08 bits per heavy atom. The topological polar surface area (TPSA) is 58.5 Å². The third-order valence-electron chi connectivity index (χ3n) is 4.88. The molecular formula is C21H24N4O. The lowest BCUT2D eigenvalue weighted by molar-refractivity contribution is 0.504. The predicted octanol–water partition coefficient (Wildman–Crippen LogP) is 4.62. The highest BCUT2D eigenvalue weighted by Crippen LogP contribution is 2.21. The number of benzene rings is 2. The zero-order valence-corrected chi connectivity index (χ0v) is 15.6. The smallest absolute Gasteiger partial charge is 0.259 e. The van der Waals surface area contributed by atoms with Crippen molar-refractivity contribution in [3.8, 4) is 0 Å². The first kappa shape index (κ1) is 16.5. The molecule has 0 unspecified atom stereocenters. The first-order chi connectivity index (χ1) is 12.5. The minimum absolute atomic E-state index is 0.0272. The van der Waals surface area contributed by atoms with E-state index < -0.39 is 0 Å². The van der Waals surface area contributed by atoms with E-state index in [9.17, 15) is 4.79 Å². The summed E-state index contributed by atoms with van der Waals surface area (Å²) in [5, 5.41) is 11.3. The molecule has 2 heterocycles. The van der Waals surface area contributed by atoms with Crippen LogP contribution in [0.15, 0.2) is 53.3 Å². The van der Waals surface area contributed by atoms with Crippen molar-refractivity contribution in [2.75, 3.05) is 0 Å². The van der Waals surface area contributed by atoms with Gasteiger partial charge in [0, 0.05) is 28.2 Å². The maximum absolute atomic E-state index is 13.4. The Bertz CT molecular complexity index is 1260. The van der Waals surface area contributed by atoms with Crippen molar-refractivity contribution in [1.82, 2.24) is 19.6 Å². The van der Waals surface area contributed by atoms with Crippen LogP contribution in [0.25, 0.3) is 21.7 Å². The summed E-state index contributed by atoms with van der Waals surface area (Å²) < 4.78 is 4.02. The van der Waals surface area contributed by atoms with E-state index in [1.807, 2.05) is 47.0 Å². The van der Waals surface area contributed by atoms with Crippen molar-refractivity contribution in [1.29, 1.82) is 0 Å². The molecule has 0 spiro atoms. The number of fused-ring (bicyclic) bond motifs is 4. The highest BCUT2D eigenvalue weighted by molar-refractivity contribution is 5.86. The highest BCUT2D eigenvalue weighted by atomic mass is 16.1. The lowest BCUT2D eigenvalue weighted by atomic mass is 10.1. The van der Waals surface area contributed by atoms with Crippen molar-refractivity contribution < 1.29 is 0 Å². The molecule has 0 atom stereocenters. The normalized spacial score (nSPS) is 11.9. The quantitative estimate of drug-likeness (QED) is 0.545. The predicted molar refractivity (Wildman–Crippen MR) is 106 cm³/mol. The van der Waals surface area contributed by atoms with Gasteiger partial charge in [0.1, 0.15) is 0 Å². The van der Waals surface area contributed by atoms with Gasteiger partial charge in [-0.1, -0.05) is 36.4 Å². The summed E-state index contributed by atoms with van der Waals surface area (Å²) in [5.74, 6) is 0. The number of aromatic amines is 2. The lowest BCUT2D eigenvalue weighted by Crippen LogP contribution is -2.21. The van der Waals surface area contributed by atoms with E-state index in [4.69, 9.17) is 0 Å². The van der Waals surface area contributed by atoms with E-state index in [2.05, 4.69) is 48.8 Å². The van der Waals surface area contributed by atoms with Crippen LogP contribution in [0.5, 0.6) is 0 Å². The number of para-hydroxylation sites is 1. The number of hydrogen-bond acceptors (Lipinski definition) is 1. The lowest BCUT2D eigenvalue weighted by Gasteiger charge is -2.14. The maximum atomic E-state index is 13.4. The summed E-state index contributed by atoms with van der Waals surface area (Å²) in [6, 6.07) is 16.2. The van der Waals surface area contributed by atoms with Gasteiger partial charge in [0.15, 0.2) is 0 Å². The summed E-state index contributed by atoms with van der Waals surface area (Å²) in [6.45, 7) is 8.39. The number of nitrogens with zero attached hydrogens (tertiary/aromatic N) is 2. The van der Waals surface area contributed by atoms with Crippen molar-refractivity contribution >= 4 is 21.7 Å². The zero-order valence-electron chi connectivity index (χ0n) is 15.6. The van der Waals surface area contributed by atoms with Crippen LogP contribution in [0.3, 0.4) is 0 Å². The minimum atomic E-state index is 0.0272. The van der Waals surface area contributed by atoms with Gasteiger partial charge >= 0.3 is 0 Å². The fourth-order valence-corrected chi connectivity index (χ4v) is 3.72. The molecule has 2 aliphatic heterocycles. The molecule has 5 nitrogen and oxygen atoms in total. The van der Waals surface area contributed by atoms with Crippen LogP contribution in [0, 0.1) is 10.7 Å². The Kier molecular flexibility index (Phi) is 3.87. The molecule has 26 heavy (non-hydrogen) atoms. The van der Waals surface area contributed by atoms with Crippen LogP contribution < -0.4 is 5.56 Å². The third-order valence-corrected chi connectivity index (χ3v) is 4.88. The molecule has 0 bridgehead atoms. The molecule has 0 aromatic heterocycles. The molecule has 2 aromatic carbocycles. The second-order valence-electron chi connectivity index (χ2n) is 7.26. The first-order valence-corrected chi connectivity index (χ1v) is 9.08. The fourth-order valence-electron chi connectivity index (χ4n) is 3.72. The summed E-state index contributed by atoms with van der Waals surface area (Å²) >= 11 is 0. The van der Waals surface area contributed by atoms with Crippen LogP contribution in [-0.2, 0) is 0 Å². The van der Waals surface area contributed by atoms with E-state index in [0.29, 0.717) is 5.39 Å². The van der Waals surface area contributed by atoms with Crippen molar-refractivity contribution in [2.45, 2.75) is 39.8 Å². The molecule has 0 fully saturated rings. The van der Waals surface area contributed by atoms with Gasteiger partial charge in [-0.05, 0) is 39.8 Å². The molecule has 4 rings (SSSR count). The number of aromatic nitrogens is 4. The first-order valence-electron chi connectivity index (χ1n) is 9.08. The number of H-pyrrole nitrogens is 2. The van der Waals surface area contributed by atoms with Crippen LogP contribution in [-0.4, -0.2) is 19.6 Å². The molecule has 2 aliphatic rings. The van der Waals surface area contributed by atoms with E-state index in [1.54, 1.807) is 0 Å². The van der Waals surface area contributed by atoms with E-state index in [1.165, 1.54) is 0 Å². The zero-order chi connectivity index (χ0) is 18.4.